The zero-order valence-electron chi connectivity index (χ0n) is 15.4. The molecule has 0 spiro atoms. The predicted octanol–water partition coefficient (Wildman–Crippen LogP) is 4.27. The molecule has 160 valence electrons. The number of ether oxygens (including phenoxy) is 1. The van der Waals surface area contributed by atoms with E-state index in [9.17, 15) is 21.6 Å². The van der Waals surface area contributed by atoms with Crippen LogP contribution in [-0.4, -0.2) is 42.4 Å². The highest BCUT2D eigenvalue weighted by atomic mass is 32.2. The zero-order valence-corrected chi connectivity index (χ0v) is 17.0. The Labute approximate surface area is 174 Å². The van der Waals surface area contributed by atoms with Crippen LogP contribution in [0.1, 0.15) is 24.7 Å². The number of aromatic nitrogens is 2. The lowest BCUT2D eigenvalue weighted by atomic mass is 10.00. The maximum absolute atomic E-state index is 13.0. The molecule has 7 nitrogen and oxygen atoms in total. The van der Waals surface area contributed by atoms with Gasteiger partial charge < -0.3 is 9.15 Å². The first-order valence-electron chi connectivity index (χ1n) is 8.94. The van der Waals surface area contributed by atoms with Crippen LogP contribution in [-0.2, 0) is 10.0 Å². The van der Waals surface area contributed by atoms with Crippen LogP contribution >= 0.6 is 11.3 Å². The van der Waals surface area contributed by atoms with Crippen LogP contribution in [0.5, 0.6) is 5.75 Å². The molecule has 3 aromatic rings. The van der Waals surface area contributed by atoms with Crippen LogP contribution in [0.4, 0.5) is 13.2 Å². The fourth-order valence-corrected chi connectivity index (χ4v) is 5.38. The summed E-state index contributed by atoms with van der Waals surface area (Å²) in [5.41, 5.74) is 0.806. The minimum atomic E-state index is -4.84. The molecule has 0 saturated carbocycles. The molecule has 12 heteroatoms. The number of hydrogen-bond acceptors (Lipinski definition) is 7. The fourth-order valence-electron chi connectivity index (χ4n) is 3.23. The van der Waals surface area contributed by atoms with Crippen molar-refractivity contribution in [1.82, 2.24) is 14.5 Å². The monoisotopic (exact) mass is 459 g/mol. The molecular weight excluding hydrogens is 443 g/mol. The van der Waals surface area contributed by atoms with Gasteiger partial charge in [0.2, 0.25) is 21.8 Å². The van der Waals surface area contributed by atoms with Crippen molar-refractivity contribution in [1.29, 1.82) is 0 Å². The summed E-state index contributed by atoms with van der Waals surface area (Å²) in [7, 11) is -3.89. The van der Waals surface area contributed by atoms with E-state index in [-0.39, 0.29) is 17.4 Å². The summed E-state index contributed by atoms with van der Waals surface area (Å²) in [5, 5.41) is 11.9. The lowest BCUT2D eigenvalue weighted by Gasteiger charge is -2.30. The Morgan fingerprint density at radius 2 is 1.93 bits per heavy atom. The average molecular weight is 459 g/mol. The number of hydrogen-bond donors (Lipinski definition) is 0. The Balaban J connectivity index is 1.49. The fraction of sp³-hybridized carbons (Fsp3) is 0.333. The van der Waals surface area contributed by atoms with Gasteiger partial charge in [-0.2, -0.15) is 15.6 Å². The quantitative estimate of drug-likeness (QED) is 0.567. The number of thiophene rings is 1. The molecule has 0 bridgehead atoms. The van der Waals surface area contributed by atoms with E-state index in [2.05, 4.69) is 14.9 Å². The molecule has 30 heavy (non-hydrogen) atoms. The average Bonchev–Trinajstić information content (AvgIpc) is 3.39. The second-order valence-corrected chi connectivity index (χ2v) is 9.40. The molecule has 1 aliphatic rings. The number of piperidine rings is 1. The maximum Gasteiger partial charge on any atom is 0.573 e. The minimum Gasteiger partial charge on any atom is -0.420 e. The van der Waals surface area contributed by atoms with E-state index in [1.54, 1.807) is 0 Å². The van der Waals surface area contributed by atoms with Crippen molar-refractivity contribution in [2.75, 3.05) is 13.1 Å². The first kappa shape index (κ1) is 20.8. The van der Waals surface area contributed by atoms with E-state index in [0.29, 0.717) is 31.2 Å². The van der Waals surface area contributed by atoms with Gasteiger partial charge in [0.25, 0.3) is 0 Å². The van der Waals surface area contributed by atoms with E-state index < -0.39 is 22.1 Å². The van der Waals surface area contributed by atoms with Crippen molar-refractivity contribution in [2.45, 2.75) is 30.0 Å². The molecule has 1 aliphatic heterocycles. The molecule has 0 radical (unpaired) electrons. The van der Waals surface area contributed by atoms with E-state index >= 15 is 0 Å². The van der Waals surface area contributed by atoms with Crippen molar-refractivity contribution in [3.8, 4) is 17.2 Å². The zero-order chi connectivity index (χ0) is 21.4. The van der Waals surface area contributed by atoms with Gasteiger partial charge in [-0.1, -0.05) is 0 Å². The third-order valence-corrected chi connectivity index (χ3v) is 7.20. The summed E-state index contributed by atoms with van der Waals surface area (Å²) in [6, 6.07) is 6.01. The molecule has 1 atom stereocenters. The topological polar surface area (TPSA) is 85.5 Å². The second-order valence-electron chi connectivity index (χ2n) is 6.68. The van der Waals surface area contributed by atoms with Gasteiger partial charge in [-0.15, -0.1) is 23.4 Å². The predicted molar refractivity (Wildman–Crippen MR) is 101 cm³/mol. The third-order valence-electron chi connectivity index (χ3n) is 4.64. The van der Waals surface area contributed by atoms with Gasteiger partial charge in [-0.25, -0.2) is 8.42 Å². The number of halogens is 3. The lowest BCUT2D eigenvalue weighted by molar-refractivity contribution is -0.274. The van der Waals surface area contributed by atoms with Crippen LogP contribution in [0.15, 0.2) is 50.4 Å². The van der Waals surface area contributed by atoms with Crippen LogP contribution < -0.4 is 4.74 Å². The van der Waals surface area contributed by atoms with E-state index in [1.165, 1.54) is 15.6 Å². The van der Waals surface area contributed by atoms with Crippen LogP contribution in [0.2, 0.25) is 0 Å². The first-order valence-corrected chi connectivity index (χ1v) is 11.3. The van der Waals surface area contributed by atoms with Gasteiger partial charge in [-0.05, 0) is 48.6 Å². The summed E-state index contributed by atoms with van der Waals surface area (Å²) in [6.45, 7) is 0.444. The number of rotatable bonds is 5. The van der Waals surface area contributed by atoms with Gasteiger partial charge in [-0.3, -0.25) is 0 Å². The number of nitrogens with zero attached hydrogens (tertiary/aromatic N) is 3. The Hall–Kier alpha value is -2.44. The Morgan fingerprint density at radius 1 is 1.17 bits per heavy atom. The molecule has 0 aliphatic carbocycles. The number of sulfonamides is 1. The van der Waals surface area contributed by atoms with Crippen LogP contribution in [0.3, 0.4) is 0 Å². The molecule has 2 aromatic heterocycles. The SMILES string of the molecule is O=S(=O)(c1ccc(OC(F)(F)F)cc1)N1CCCC(c2nnc(-c3ccsc3)o2)C1. The Morgan fingerprint density at radius 3 is 2.60 bits per heavy atom. The summed E-state index contributed by atoms with van der Waals surface area (Å²) in [6.07, 6.45) is -3.56. The normalized spacial score (nSPS) is 18.4. The minimum absolute atomic E-state index is 0.109. The van der Waals surface area contributed by atoms with Crippen molar-refractivity contribution < 1.29 is 30.7 Å². The second kappa shape index (κ2) is 8.00. The van der Waals surface area contributed by atoms with E-state index in [4.69, 9.17) is 4.42 Å². The summed E-state index contributed by atoms with van der Waals surface area (Å²) < 4.78 is 73.6. The highest BCUT2D eigenvalue weighted by molar-refractivity contribution is 7.89. The summed E-state index contributed by atoms with van der Waals surface area (Å²) >= 11 is 1.50. The van der Waals surface area contributed by atoms with Gasteiger partial charge in [0.1, 0.15) is 5.75 Å². The van der Waals surface area contributed by atoms with Gasteiger partial charge >= 0.3 is 6.36 Å². The molecule has 3 heterocycles. The van der Waals surface area contributed by atoms with Gasteiger partial charge in [0, 0.05) is 24.0 Å². The largest absolute Gasteiger partial charge is 0.573 e. The molecule has 1 saturated heterocycles. The summed E-state index contributed by atoms with van der Waals surface area (Å²) in [5.74, 6) is 0.00236. The molecule has 0 amide bonds. The standard InChI is InChI=1S/C18H16F3N3O4S2/c19-18(20,21)28-14-3-5-15(6-4-14)30(25,26)24-8-1-2-12(10-24)16-22-23-17(27-16)13-7-9-29-11-13/h3-7,9,11-12H,1-2,8,10H2. The van der Waals surface area contributed by atoms with Crippen molar-refractivity contribution in [3.63, 3.8) is 0 Å². The van der Waals surface area contributed by atoms with E-state index in [0.717, 1.165) is 29.8 Å². The number of benzene rings is 1. The lowest BCUT2D eigenvalue weighted by Crippen LogP contribution is -2.39. The van der Waals surface area contributed by atoms with Gasteiger partial charge in [0.15, 0.2) is 0 Å². The van der Waals surface area contributed by atoms with Crippen molar-refractivity contribution in [2.24, 2.45) is 0 Å². The summed E-state index contributed by atoms with van der Waals surface area (Å²) in [4.78, 5) is -0.109. The molecular formula is C18H16F3N3O4S2. The Kier molecular flexibility index (Phi) is 5.55. The molecule has 1 unspecified atom stereocenters. The highest BCUT2D eigenvalue weighted by Crippen LogP contribution is 2.32. The molecule has 1 fully saturated rings. The van der Waals surface area contributed by atoms with Crippen molar-refractivity contribution in [3.05, 3.63) is 47.0 Å². The Bertz CT molecular complexity index is 1100. The van der Waals surface area contributed by atoms with Crippen molar-refractivity contribution >= 4 is 21.4 Å². The highest BCUT2D eigenvalue weighted by Gasteiger charge is 2.34. The number of alkyl halides is 3. The molecule has 1 aromatic carbocycles. The maximum atomic E-state index is 13.0. The first-order chi connectivity index (χ1) is 14.2. The molecule has 0 N–H and O–H groups in total. The van der Waals surface area contributed by atoms with Crippen LogP contribution in [0, 0.1) is 0 Å². The smallest absolute Gasteiger partial charge is 0.420 e. The van der Waals surface area contributed by atoms with E-state index in [1.807, 2.05) is 16.8 Å². The van der Waals surface area contributed by atoms with Gasteiger partial charge in [0.05, 0.1) is 10.8 Å². The molecule has 4 rings (SSSR count). The van der Waals surface area contributed by atoms with Crippen LogP contribution in [0.25, 0.3) is 11.5 Å². The third kappa shape index (κ3) is 4.50.